The summed E-state index contributed by atoms with van der Waals surface area (Å²) in [6.45, 7) is 3.88. The number of nitrogens with two attached hydrogens (primary N) is 1. The van der Waals surface area contributed by atoms with Gasteiger partial charge in [-0.15, -0.1) is 11.3 Å². The highest BCUT2D eigenvalue weighted by Gasteiger charge is 1.98. The molecule has 0 saturated carbocycles. The van der Waals surface area contributed by atoms with Crippen molar-refractivity contribution in [2.24, 2.45) is 0 Å². The first-order valence-corrected chi connectivity index (χ1v) is 4.11. The van der Waals surface area contributed by atoms with Gasteiger partial charge >= 0.3 is 0 Å². The molecular formula is C6H11N3S. The number of nitrogen functional groups attached to an aromatic ring is 1. The molecule has 0 amide bonds. The van der Waals surface area contributed by atoms with E-state index in [1.807, 2.05) is 0 Å². The molecule has 0 aliphatic rings. The largest absolute Gasteiger partial charge is 0.383 e. The minimum Gasteiger partial charge on any atom is -0.383 e. The van der Waals surface area contributed by atoms with Gasteiger partial charge in [0.1, 0.15) is 5.82 Å². The Bertz CT molecular complexity index is 197. The monoisotopic (exact) mass is 157 g/mol. The molecule has 1 aromatic rings. The lowest BCUT2D eigenvalue weighted by atomic mass is 10.5. The molecular weight excluding hydrogens is 146 g/mol. The van der Waals surface area contributed by atoms with Crippen LogP contribution in [0.5, 0.6) is 0 Å². The van der Waals surface area contributed by atoms with Gasteiger partial charge in [-0.3, -0.25) is 0 Å². The molecule has 0 saturated heterocycles. The second-order valence-electron chi connectivity index (χ2n) is 1.94. The second-order valence-corrected chi connectivity index (χ2v) is 2.88. The molecule has 0 aliphatic carbocycles. The Morgan fingerprint density at radius 1 is 1.80 bits per heavy atom. The summed E-state index contributed by atoms with van der Waals surface area (Å²) >= 11 is 1.59. The van der Waals surface area contributed by atoms with Crippen LogP contribution in [0.15, 0.2) is 5.51 Å². The third kappa shape index (κ3) is 1.68. The van der Waals surface area contributed by atoms with Crippen LogP contribution < -0.4 is 11.1 Å². The number of nitrogens with one attached hydrogen (secondary N) is 1. The van der Waals surface area contributed by atoms with Gasteiger partial charge in [-0.25, -0.2) is 4.98 Å². The third-order valence-electron chi connectivity index (χ3n) is 1.21. The zero-order chi connectivity index (χ0) is 7.40. The fraction of sp³-hybridized carbons (Fsp3) is 0.500. The number of rotatable bonds is 3. The van der Waals surface area contributed by atoms with Crippen molar-refractivity contribution in [3.63, 3.8) is 0 Å². The average molecular weight is 157 g/mol. The zero-order valence-corrected chi connectivity index (χ0v) is 6.74. The third-order valence-corrected chi connectivity index (χ3v) is 2.06. The topological polar surface area (TPSA) is 50.9 Å². The number of nitrogens with zero attached hydrogens (tertiary/aromatic N) is 1. The van der Waals surface area contributed by atoms with Gasteiger partial charge in [-0.2, -0.15) is 0 Å². The molecule has 0 aromatic carbocycles. The van der Waals surface area contributed by atoms with Crippen LogP contribution >= 0.6 is 11.3 Å². The lowest BCUT2D eigenvalue weighted by Crippen LogP contribution is -2.11. The molecule has 3 N–H and O–H groups in total. The molecule has 1 rings (SSSR count). The summed E-state index contributed by atoms with van der Waals surface area (Å²) < 4.78 is 0. The lowest BCUT2D eigenvalue weighted by molar-refractivity contribution is 0.736. The van der Waals surface area contributed by atoms with E-state index < -0.39 is 0 Å². The summed E-state index contributed by atoms with van der Waals surface area (Å²) in [6, 6.07) is 0. The van der Waals surface area contributed by atoms with Gasteiger partial charge in [-0.1, -0.05) is 6.92 Å². The molecule has 3 nitrogen and oxygen atoms in total. The van der Waals surface area contributed by atoms with Gasteiger partial charge in [0.2, 0.25) is 0 Å². The van der Waals surface area contributed by atoms with Crippen molar-refractivity contribution in [3.05, 3.63) is 10.4 Å². The quantitative estimate of drug-likeness (QED) is 0.683. The molecule has 0 atom stereocenters. The number of hydrogen-bond acceptors (Lipinski definition) is 4. The van der Waals surface area contributed by atoms with Crippen LogP contribution in [0.1, 0.15) is 11.8 Å². The molecule has 1 heterocycles. The van der Waals surface area contributed by atoms with Crippen molar-refractivity contribution in [2.75, 3.05) is 12.3 Å². The summed E-state index contributed by atoms with van der Waals surface area (Å²) in [5.41, 5.74) is 7.31. The first-order valence-electron chi connectivity index (χ1n) is 3.23. The Morgan fingerprint density at radius 3 is 3.10 bits per heavy atom. The van der Waals surface area contributed by atoms with Crippen LogP contribution in [0.2, 0.25) is 0 Å². The Balaban J connectivity index is 2.49. The highest BCUT2D eigenvalue weighted by atomic mass is 32.1. The van der Waals surface area contributed by atoms with E-state index in [0.29, 0.717) is 5.82 Å². The van der Waals surface area contributed by atoms with E-state index in [2.05, 4.69) is 17.2 Å². The normalized spacial score (nSPS) is 10.1. The number of thiazole rings is 1. The molecule has 0 radical (unpaired) electrons. The maximum atomic E-state index is 5.54. The number of aromatic nitrogens is 1. The molecule has 1 aromatic heterocycles. The van der Waals surface area contributed by atoms with Crippen LogP contribution in [-0.4, -0.2) is 11.5 Å². The van der Waals surface area contributed by atoms with Crippen molar-refractivity contribution in [1.29, 1.82) is 0 Å². The molecule has 4 heteroatoms. The fourth-order valence-corrected chi connectivity index (χ4v) is 1.30. The Kier molecular flexibility index (Phi) is 2.65. The number of hydrogen-bond donors (Lipinski definition) is 2. The SMILES string of the molecule is CCNCc1scnc1N. The van der Waals surface area contributed by atoms with Crippen LogP contribution in [0.3, 0.4) is 0 Å². The van der Waals surface area contributed by atoms with Gasteiger partial charge in [0.05, 0.1) is 10.4 Å². The summed E-state index contributed by atoms with van der Waals surface area (Å²) in [5, 5.41) is 3.18. The Hall–Kier alpha value is -0.610. The smallest absolute Gasteiger partial charge is 0.138 e. The summed E-state index contributed by atoms with van der Waals surface area (Å²) in [5.74, 6) is 0.658. The highest BCUT2D eigenvalue weighted by molar-refractivity contribution is 7.10. The zero-order valence-electron chi connectivity index (χ0n) is 5.92. The van der Waals surface area contributed by atoms with E-state index in [-0.39, 0.29) is 0 Å². The predicted octanol–water partition coefficient (Wildman–Crippen LogP) is 0.835. The Morgan fingerprint density at radius 2 is 2.60 bits per heavy atom. The molecule has 10 heavy (non-hydrogen) atoms. The molecule has 0 bridgehead atoms. The molecule has 0 fully saturated rings. The van der Waals surface area contributed by atoms with Gasteiger partial charge < -0.3 is 11.1 Å². The predicted molar refractivity (Wildman–Crippen MR) is 43.9 cm³/mol. The minimum atomic E-state index is 0.658. The van der Waals surface area contributed by atoms with Gasteiger partial charge in [0, 0.05) is 6.54 Å². The summed E-state index contributed by atoms with van der Waals surface area (Å²) in [7, 11) is 0. The van der Waals surface area contributed by atoms with Gasteiger partial charge in [-0.05, 0) is 6.54 Å². The first-order chi connectivity index (χ1) is 4.84. The molecule has 0 aliphatic heterocycles. The van der Waals surface area contributed by atoms with Crippen LogP contribution in [0.4, 0.5) is 5.82 Å². The van der Waals surface area contributed by atoms with Crippen molar-refractivity contribution >= 4 is 17.2 Å². The molecule has 0 spiro atoms. The van der Waals surface area contributed by atoms with Crippen LogP contribution in [0, 0.1) is 0 Å². The average Bonchev–Trinajstić information content (AvgIpc) is 2.31. The van der Waals surface area contributed by atoms with Gasteiger partial charge in [0.25, 0.3) is 0 Å². The second kappa shape index (κ2) is 3.53. The van der Waals surface area contributed by atoms with Crippen molar-refractivity contribution in [2.45, 2.75) is 13.5 Å². The standard InChI is InChI=1S/C6H11N3S/c1-2-8-3-5-6(7)9-4-10-5/h4,8H,2-3,7H2,1H3. The maximum absolute atomic E-state index is 5.54. The Labute approximate surface area is 64.3 Å². The van der Waals surface area contributed by atoms with Crippen LogP contribution in [0.25, 0.3) is 0 Å². The van der Waals surface area contributed by atoms with E-state index in [1.165, 1.54) is 0 Å². The van der Waals surface area contributed by atoms with E-state index in [9.17, 15) is 0 Å². The summed E-state index contributed by atoms with van der Waals surface area (Å²) in [6.07, 6.45) is 0. The lowest BCUT2D eigenvalue weighted by Gasteiger charge is -1.96. The fourth-order valence-electron chi connectivity index (χ4n) is 0.650. The molecule has 0 unspecified atom stereocenters. The van der Waals surface area contributed by atoms with E-state index >= 15 is 0 Å². The van der Waals surface area contributed by atoms with E-state index in [4.69, 9.17) is 5.73 Å². The van der Waals surface area contributed by atoms with Crippen molar-refractivity contribution < 1.29 is 0 Å². The molecule has 56 valence electrons. The summed E-state index contributed by atoms with van der Waals surface area (Å²) in [4.78, 5) is 5.05. The highest BCUT2D eigenvalue weighted by Crippen LogP contribution is 2.13. The number of anilines is 1. The maximum Gasteiger partial charge on any atom is 0.138 e. The first kappa shape index (κ1) is 7.50. The van der Waals surface area contributed by atoms with E-state index in [1.54, 1.807) is 16.8 Å². The van der Waals surface area contributed by atoms with Crippen molar-refractivity contribution in [3.8, 4) is 0 Å². The van der Waals surface area contributed by atoms with E-state index in [0.717, 1.165) is 18.0 Å². The van der Waals surface area contributed by atoms with Crippen molar-refractivity contribution in [1.82, 2.24) is 10.3 Å². The minimum absolute atomic E-state index is 0.658. The van der Waals surface area contributed by atoms with Gasteiger partial charge in [0.15, 0.2) is 0 Å². The van der Waals surface area contributed by atoms with Crippen LogP contribution in [-0.2, 0) is 6.54 Å².